The molecule has 2 rings (SSSR count). The van der Waals surface area contributed by atoms with Crippen LogP contribution in [0.3, 0.4) is 0 Å². The van der Waals surface area contributed by atoms with Gasteiger partial charge in [-0.15, -0.1) is 0 Å². The zero-order valence-corrected chi connectivity index (χ0v) is 14.3. The molecule has 0 bridgehead atoms. The summed E-state index contributed by atoms with van der Waals surface area (Å²) in [5.41, 5.74) is 1.48. The van der Waals surface area contributed by atoms with E-state index in [9.17, 15) is 9.59 Å². The van der Waals surface area contributed by atoms with Crippen molar-refractivity contribution in [2.45, 2.75) is 6.92 Å². The molecule has 0 unspecified atom stereocenters. The lowest BCUT2D eigenvalue weighted by Gasteiger charge is -2.09. The molecule has 0 aliphatic rings. The molecule has 0 aliphatic carbocycles. The summed E-state index contributed by atoms with van der Waals surface area (Å²) < 4.78 is 15.4. The molecule has 6 nitrogen and oxygen atoms in total. The molecular formula is C19H21NO5. The SMILES string of the molecule is CCOCCOc1cccc(C(=O)Nc2ccc(C(=O)OC)cc2)c1. The van der Waals surface area contributed by atoms with E-state index in [2.05, 4.69) is 10.1 Å². The number of hydrogen-bond donors (Lipinski definition) is 1. The van der Waals surface area contributed by atoms with Crippen LogP contribution in [-0.2, 0) is 9.47 Å². The minimum absolute atomic E-state index is 0.263. The Morgan fingerprint density at radius 1 is 1.00 bits per heavy atom. The van der Waals surface area contributed by atoms with E-state index in [0.717, 1.165) is 0 Å². The fraction of sp³-hybridized carbons (Fsp3) is 0.263. The molecule has 0 heterocycles. The van der Waals surface area contributed by atoms with E-state index in [0.29, 0.717) is 42.4 Å². The van der Waals surface area contributed by atoms with Crippen molar-refractivity contribution in [1.29, 1.82) is 0 Å². The Hall–Kier alpha value is -2.86. The van der Waals surface area contributed by atoms with Crippen LogP contribution in [0.25, 0.3) is 0 Å². The second-order valence-corrected chi connectivity index (χ2v) is 5.10. The number of hydrogen-bond acceptors (Lipinski definition) is 5. The highest BCUT2D eigenvalue weighted by Gasteiger charge is 2.09. The molecule has 0 aliphatic heterocycles. The molecule has 2 aromatic rings. The number of benzene rings is 2. The van der Waals surface area contributed by atoms with Crippen LogP contribution >= 0.6 is 0 Å². The first kappa shape index (κ1) is 18.5. The monoisotopic (exact) mass is 343 g/mol. The third-order valence-electron chi connectivity index (χ3n) is 3.36. The summed E-state index contributed by atoms with van der Waals surface area (Å²) in [6.45, 7) is 3.48. The van der Waals surface area contributed by atoms with E-state index in [1.807, 2.05) is 6.92 Å². The average molecular weight is 343 g/mol. The normalized spacial score (nSPS) is 10.2. The van der Waals surface area contributed by atoms with E-state index >= 15 is 0 Å². The summed E-state index contributed by atoms with van der Waals surface area (Å²) >= 11 is 0. The molecule has 2 aromatic carbocycles. The molecule has 0 saturated heterocycles. The fourth-order valence-corrected chi connectivity index (χ4v) is 2.10. The average Bonchev–Trinajstić information content (AvgIpc) is 2.65. The molecule has 1 amide bonds. The van der Waals surface area contributed by atoms with Gasteiger partial charge in [0.1, 0.15) is 12.4 Å². The quantitative estimate of drug-likeness (QED) is 0.589. The highest BCUT2D eigenvalue weighted by atomic mass is 16.5. The second-order valence-electron chi connectivity index (χ2n) is 5.10. The number of carbonyl (C=O) groups excluding carboxylic acids is 2. The first-order chi connectivity index (χ1) is 12.1. The third-order valence-corrected chi connectivity index (χ3v) is 3.36. The molecule has 132 valence electrons. The molecule has 1 N–H and O–H groups in total. The van der Waals surface area contributed by atoms with Crippen LogP contribution in [0.4, 0.5) is 5.69 Å². The van der Waals surface area contributed by atoms with Crippen molar-refractivity contribution in [3.05, 3.63) is 59.7 Å². The molecule has 0 radical (unpaired) electrons. The van der Waals surface area contributed by atoms with Gasteiger partial charge in [-0.3, -0.25) is 4.79 Å². The fourth-order valence-electron chi connectivity index (χ4n) is 2.10. The maximum Gasteiger partial charge on any atom is 0.337 e. The van der Waals surface area contributed by atoms with Gasteiger partial charge in [0.25, 0.3) is 5.91 Å². The highest BCUT2D eigenvalue weighted by molar-refractivity contribution is 6.04. The van der Waals surface area contributed by atoms with Gasteiger partial charge in [-0.05, 0) is 49.4 Å². The van der Waals surface area contributed by atoms with Gasteiger partial charge < -0.3 is 19.5 Å². The number of rotatable bonds is 8. The lowest BCUT2D eigenvalue weighted by Crippen LogP contribution is -2.12. The summed E-state index contributed by atoms with van der Waals surface area (Å²) in [5.74, 6) is -0.0794. The van der Waals surface area contributed by atoms with Gasteiger partial charge in [0.15, 0.2) is 0 Å². The smallest absolute Gasteiger partial charge is 0.337 e. The Morgan fingerprint density at radius 3 is 2.44 bits per heavy atom. The Labute approximate surface area is 146 Å². The summed E-state index contributed by atoms with van der Waals surface area (Å²) in [5, 5.41) is 2.77. The minimum atomic E-state index is -0.422. The maximum atomic E-state index is 12.3. The minimum Gasteiger partial charge on any atom is -0.491 e. The number of anilines is 1. The molecule has 0 atom stereocenters. The van der Waals surface area contributed by atoms with Gasteiger partial charge in [0, 0.05) is 17.9 Å². The van der Waals surface area contributed by atoms with Crippen molar-refractivity contribution < 1.29 is 23.8 Å². The Balaban J connectivity index is 1.97. The van der Waals surface area contributed by atoms with E-state index in [4.69, 9.17) is 9.47 Å². The van der Waals surface area contributed by atoms with Crippen molar-refractivity contribution in [1.82, 2.24) is 0 Å². The Kier molecular flexibility index (Phi) is 6.98. The molecule has 0 aromatic heterocycles. The van der Waals surface area contributed by atoms with E-state index in [1.54, 1.807) is 48.5 Å². The lowest BCUT2D eigenvalue weighted by atomic mass is 10.1. The van der Waals surface area contributed by atoms with Crippen molar-refractivity contribution in [3.63, 3.8) is 0 Å². The molecular weight excluding hydrogens is 322 g/mol. The number of carbonyl (C=O) groups is 2. The Bertz CT molecular complexity index is 712. The van der Waals surface area contributed by atoms with Crippen molar-refractivity contribution in [2.24, 2.45) is 0 Å². The topological polar surface area (TPSA) is 73.9 Å². The Morgan fingerprint density at radius 2 is 1.76 bits per heavy atom. The molecule has 0 fully saturated rings. The summed E-state index contributed by atoms with van der Waals surface area (Å²) in [6, 6.07) is 13.4. The van der Waals surface area contributed by atoms with Gasteiger partial charge in [-0.2, -0.15) is 0 Å². The van der Waals surface area contributed by atoms with Gasteiger partial charge in [-0.1, -0.05) is 6.07 Å². The van der Waals surface area contributed by atoms with E-state index in [-0.39, 0.29) is 5.91 Å². The predicted octanol–water partition coefficient (Wildman–Crippen LogP) is 3.14. The van der Waals surface area contributed by atoms with Gasteiger partial charge >= 0.3 is 5.97 Å². The van der Waals surface area contributed by atoms with Crippen LogP contribution in [0.5, 0.6) is 5.75 Å². The molecule has 25 heavy (non-hydrogen) atoms. The highest BCUT2D eigenvalue weighted by Crippen LogP contribution is 2.16. The number of nitrogens with one attached hydrogen (secondary N) is 1. The summed E-state index contributed by atoms with van der Waals surface area (Å²) in [7, 11) is 1.32. The van der Waals surface area contributed by atoms with Crippen LogP contribution in [0.2, 0.25) is 0 Å². The lowest BCUT2D eigenvalue weighted by molar-refractivity contribution is 0.0600. The van der Waals surface area contributed by atoms with Crippen LogP contribution in [0, 0.1) is 0 Å². The largest absolute Gasteiger partial charge is 0.491 e. The first-order valence-corrected chi connectivity index (χ1v) is 7.94. The number of ether oxygens (including phenoxy) is 3. The van der Waals surface area contributed by atoms with Gasteiger partial charge in [-0.25, -0.2) is 4.79 Å². The molecule has 6 heteroatoms. The predicted molar refractivity (Wildman–Crippen MR) is 94.2 cm³/mol. The van der Waals surface area contributed by atoms with Crippen LogP contribution in [-0.4, -0.2) is 38.8 Å². The summed E-state index contributed by atoms with van der Waals surface area (Å²) in [4.78, 5) is 23.7. The third kappa shape index (κ3) is 5.61. The number of amides is 1. The van der Waals surface area contributed by atoms with Crippen LogP contribution in [0.1, 0.15) is 27.6 Å². The molecule has 0 saturated carbocycles. The van der Waals surface area contributed by atoms with Crippen molar-refractivity contribution >= 4 is 17.6 Å². The van der Waals surface area contributed by atoms with Gasteiger partial charge in [0.05, 0.1) is 19.3 Å². The van der Waals surface area contributed by atoms with Gasteiger partial charge in [0.2, 0.25) is 0 Å². The summed E-state index contributed by atoms with van der Waals surface area (Å²) in [6.07, 6.45) is 0. The van der Waals surface area contributed by atoms with E-state index in [1.165, 1.54) is 7.11 Å². The van der Waals surface area contributed by atoms with E-state index < -0.39 is 5.97 Å². The van der Waals surface area contributed by atoms with Crippen LogP contribution < -0.4 is 10.1 Å². The van der Waals surface area contributed by atoms with Crippen molar-refractivity contribution in [2.75, 3.05) is 32.2 Å². The van der Waals surface area contributed by atoms with Crippen LogP contribution in [0.15, 0.2) is 48.5 Å². The maximum absolute atomic E-state index is 12.3. The second kappa shape index (κ2) is 9.44. The molecule has 0 spiro atoms. The number of esters is 1. The van der Waals surface area contributed by atoms with Crippen molar-refractivity contribution in [3.8, 4) is 5.75 Å². The first-order valence-electron chi connectivity index (χ1n) is 7.94. The zero-order chi connectivity index (χ0) is 18.1. The number of methoxy groups -OCH3 is 1. The zero-order valence-electron chi connectivity index (χ0n) is 14.3. The standard InChI is InChI=1S/C19H21NO5/c1-3-24-11-12-25-17-6-4-5-15(13-17)18(21)20-16-9-7-14(8-10-16)19(22)23-2/h4-10,13H,3,11-12H2,1-2H3,(H,20,21).